The largest absolute Gasteiger partial charge is 0.442 e. The van der Waals surface area contributed by atoms with Gasteiger partial charge in [-0.25, -0.2) is 4.79 Å². The van der Waals surface area contributed by atoms with Crippen molar-refractivity contribution in [1.29, 1.82) is 0 Å². The molecule has 33 heavy (non-hydrogen) atoms. The fourth-order valence-electron chi connectivity index (χ4n) is 5.04. The Morgan fingerprint density at radius 2 is 1.70 bits per heavy atom. The van der Waals surface area contributed by atoms with Crippen molar-refractivity contribution in [1.82, 2.24) is 0 Å². The molecule has 0 spiro atoms. The first-order valence-electron chi connectivity index (χ1n) is 11.4. The highest BCUT2D eigenvalue weighted by molar-refractivity contribution is 7.50. The zero-order chi connectivity index (χ0) is 23.0. The molecular weight excluding hydrogens is 424 g/mol. The Balaban J connectivity index is 1.54. The summed E-state index contributed by atoms with van der Waals surface area (Å²) in [6.45, 7) is 3.96. The van der Waals surface area contributed by atoms with Crippen molar-refractivity contribution in [2.24, 2.45) is 5.92 Å². The van der Waals surface area contributed by atoms with Crippen molar-refractivity contribution < 1.29 is 9.53 Å². The second-order valence-electron chi connectivity index (χ2n) is 8.90. The molecule has 1 heterocycles. The Labute approximate surface area is 197 Å². The second kappa shape index (κ2) is 8.54. The van der Waals surface area contributed by atoms with E-state index < -0.39 is 5.60 Å². The van der Waals surface area contributed by atoms with Gasteiger partial charge in [0.25, 0.3) is 0 Å². The number of terminal acetylenes is 1. The van der Waals surface area contributed by atoms with E-state index in [1.165, 1.54) is 25.7 Å². The molecule has 3 heteroatoms. The quantitative estimate of drug-likeness (QED) is 0.136. The summed E-state index contributed by atoms with van der Waals surface area (Å²) in [6, 6.07) is 24.9. The van der Waals surface area contributed by atoms with E-state index >= 15 is 0 Å². The lowest BCUT2D eigenvalue weighted by Crippen LogP contribution is -2.40. The molecule has 0 fully saturated rings. The minimum absolute atomic E-state index is 0.0545. The fraction of sp³-hybridized carbons (Fsp3) is 0.233. The van der Waals surface area contributed by atoms with Gasteiger partial charge in [0, 0.05) is 33.2 Å². The highest BCUT2D eigenvalue weighted by Crippen LogP contribution is 2.48. The lowest BCUT2D eigenvalue weighted by atomic mass is 9.77. The molecule has 1 aliphatic carbocycles. The van der Waals surface area contributed by atoms with E-state index in [-0.39, 0.29) is 22.4 Å². The predicted octanol–water partition coefficient (Wildman–Crippen LogP) is 8.03. The third kappa shape index (κ3) is 3.75. The van der Waals surface area contributed by atoms with Gasteiger partial charge in [-0.3, -0.25) is 0 Å². The Kier molecular flexibility index (Phi) is 5.56. The summed E-state index contributed by atoms with van der Waals surface area (Å²) in [5.74, 6) is 2.49. The number of rotatable bonds is 4. The Morgan fingerprint density at radius 1 is 1.03 bits per heavy atom. The van der Waals surface area contributed by atoms with E-state index in [4.69, 9.17) is 11.2 Å². The Bertz CT molecular complexity index is 1380. The Morgan fingerprint density at radius 3 is 2.33 bits per heavy atom. The fourth-order valence-corrected chi connectivity index (χ4v) is 7.47. The van der Waals surface area contributed by atoms with Crippen LogP contribution >= 0.6 is 10.5 Å². The van der Waals surface area contributed by atoms with Gasteiger partial charge in [0.15, 0.2) is 19.9 Å². The lowest BCUT2D eigenvalue weighted by molar-refractivity contribution is -0.00496. The van der Waals surface area contributed by atoms with E-state index in [1.54, 1.807) is 0 Å². The highest BCUT2D eigenvalue weighted by atomic mass is 32.2. The standard InChI is InChI=1S/C30H27O2S/c1-4-30(3,26-17-8-5-12-21(26)2)32-29(31)22-13-11-14-23(20-22)33-27-18-9-6-15-24(27)25-16-7-10-19-28(25)33/h1,6-7,9-16,18-20,26H,5,8,17H2,2-3H3/q+1. The van der Waals surface area contributed by atoms with Crippen LogP contribution < -0.4 is 0 Å². The van der Waals surface area contributed by atoms with Crippen molar-refractivity contribution in [3.8, 4) is 17.2 Å². The molecule has 2 nitrogen and oxygen atoms in total. The van der Waals surface area contributed by atoms with E-state index in [0.717, 1.165) is 24.2 Å². The van der Waals surface area contributed by atoms with Gasteiger partial charge in [-0.05, 0) is 69.5 Å². The molecule has 1 aliphatic rings. The molecule has 2 unspecified atom stereocenters. The molecule has 164 valence electrons. The second-order valence-corrected chi connectivity index (χ2v) is 10.9. The first kappa shape index (κ1) is 21.5. The van der Waals surface area contributed by atoms with Gasteiger partial charge in [0.2, 0.25) is 0 Å². The molecule has 0 N–H and O–H groups in total. The van der Waals surface area contributed by atoms with Crippen LogP contribution in [-0.2, 0) is 4.74 Å². The van der Waals surface area contributed by atoms with Crippen LogP contribution in [0.2, 0.25) is 0 Å². The topological polar surface area (TPSA) is 26.3 Å². The third-order valence-corrected chi connectivity index (χ3v) is 9.10. The molecule has 1 aromatic heterocycles. The van der Waals surface area contributed by atoms with E-state index in [1.807, 2.05) is 25.1 Å². The summed E-state index contributed by atoms with van der Waals surface area (Å²) in [5.41, 5.74) is 0.799. The molecule has 0 aliphatic heterocycles. The molecule has 0 bridgehead atoms. The third-order valence-electron chi connectivity index (χ3n) is 6.78. The van der Waals surface area contributed by atoms with E-state index in [0.29, 0.717) is 5.56 Å². The van der Waals surface area contributed by atoms with Gasteiger partial charge >= 0.3 is 5.97 Å². The number of thiophene rings is 1. The molecule has 5 rings (SSSR count). The predicted molar refractivity (Wildman–Crippen MR) is 139 cm³/mol. The average molecular weight is 452 g/mol. The first-order valence-corrected chi connectivity index (χ1v) is 12.6. The summed E-state index contributed by atoms with van der Waals surface area (Å²) in [5, 5.41) is 2.53. The van der Waals surface area contributed by atoms with Gasteiger partial charge in [-0.2, -0.15) is 0 Å². The van der Waals surface area contributed by atoms with Crippen LogP contribution in [0.3, 0.4) is 0 Å². The first-order chi connectivity index (χ1) is 16.0. The van der Waals surface area contributed by atoms with Crippen molar-refractivity contribution in [2.45, 2.75) is 38.7 Å². The number of allylic oxidation sites excluding steroid dienone is 1. The zero-order valence-corrected chi connectivity index (χ0v) is 19.8. The maximum Gasteiger partial charge on any atom is 0.339 e. The number of carbonyl (C=O) groups is 1. The molecule has 0 radical (unpaired) electrons. The van der Waals surface area contributed by atoms with Gasteiger partial charge in [-0.15, -0.1) is 6.42 Å². The van der Waals surface area contributed by atoms with Crippen molar-refractivity contribution in [3.63, 3.8) is 0 Å². The number of esters is 1. The Hall–Kier alpha value is -3.35. The molecule has 0 saturated heterocycles. The number of carbonyl (C=O) groups excluding carboxylic acids is 1. The highest BCUT2D eigenvalue weighted by Gasteiger charge is 2.38. The van der Waals surface area contributed by atoms with Crippen LogP contribution in [0.1, 0.15) is 43.5 Å². The van der Waals surface area contributed by atoms with Crippen molar-refractivity contribution in [3.05, 3.63) is 90.0 Å². The average Bonchev–Trinajstić information content (AvgIpc) is 3.19. The zero-order valence-electron chi connectivity index (χ0n) is 19.0. The van der Waals surface area contributed by atoms with Gasteiger partial charge in [-0.1, -0.05) is 47.9 Å². The number of hydrogen-bond donors (Lipinski definition) is 0. The maximum absolute atomic E-state index is 13.3. The van der Waals surface area contributed by atoms with Crippen LogP contribution in [0, 0.1) is 18.3 Å². The van der Waals surface area contributed by atoms with E-state index in [9.17, 15) is 4.79 Å². The SMILES string of the molecule is C#CC(C)(OC(=O)c1cccc(-[s+]2c3ccccc3c3ccccc32)c1)C1CCCC=C1C. The minimum atomic E-state index is -0.955. The molecule has 4 aromatic rings. The van der Waals surface area contributed by atoms with Crippen LogP contribution in [0.5, 0.6) is 0 Å². The number of ether oxygens (including phenoxy) is 1. The van der Waals surface area contributed by atoms with Gasteiger partial charge in [0.1, 0.15) is 0 Å². The monoisotopic (exact) mass is 451 g/mol. The van der Waals surface area contributed by atoms with Gasteiger partial charge < -0.3 is 4.74 Å². The van der Waals surface area contributed by atoms with Gasteiger partial charge in [0.05, 0.1) is 5.56 Å². The maximum atomic E-state index is 13.3. The smallest absolute Gasteiger partial charge is 0.339 e. The van der Waals surface area contributed by atoms with Crippen molar-refractivity contribution in [2.75, 3.05) is 0 Å². The number of benzene rings is 3. The number of hydrogen-bond acceptors (Lipinski definition) is 2. The van der Waals surface area contributed by atoms with Crippen LogP contribution in [0.4, 0.5) is 0 Å². The molecular formula is C30H27O2S+. The van der Waals surface area contributed by atoms with Crippen LogP contribution in [-0.4, -0.2) is 11.6 Å². The molecule has 3 aromatic carbocycles. The normalized spacial score (nSPS) is 17.8. The number of fused-ring (bicyclic) bond motifs is 3. The summed E-state index contributed by atoms with van der Waals surface area (Å²) in [7, 11) is -0.260. The van der Waals surface area contributed by atoms with Crippen LogP contribution in [0.15, 0.2) is 84.4 Å². The van der Waals surface area contributed by atoms with Crippen LogP contribution in [0.25, 0.3) is 25.1 Å². The molecule has 0 amide bonds. The molecule has 2 atom stereocenters. The summed E-state index contributed by atoms with van der Waals surface area (Å²) < 4.78 is 8.61. The molecule has 0 saturated carbocycles. The summed E-state index contributed by atoms with van der Waals surface area (Å²) in [6.07, 6.45) is 11.2. The van der Waals surface area contributed by atoms with Crippen molar-refractivity contribution >= 4 is 36.6 Å². The summed E-state index contributed by atoms with van der Waals surface area (Å²) >= 11 is 0. The minimum Gasteiger partial charge on any atom is -0.442 e. The van der Waals surface area contributed by atoms with E-state index in [2.05, 4.69) is 73.5 Å². The summed E-state index contributed by atoms with van der Waals surface area (Å²) in [4.78, 5) is 14.4. The lowest BCUT2D eigenvalue weighted by Gasteiger charge is -2.35.